The fourth-order valence-electron chi connectivity index (χ4n) is 2.59. The first kappa shape index (κ1) is 13.8. The number of piperidine rings is 1. The van der Waals surface area contributed by atoms with Crippen LogP contribution in [0.25, 0.3) is 0 Å². The van der Waals surface area contributed by atoms with Crippen LogP contribution in [0.1, 0.15) is 26.2 Å². The molecule has 3 amide bonds. The Bertz CT molecular complexity index is 369. The Kier molecular flexibility index (Phi) is 4.39. The van der Waals surface area contributed by atoms with E-state index in [1.807, 2.05) is 0 Å². The minimum Gasteiger partial charge on any atom is -0.339 e. The third kappa shape index (κ3) is 3.24. The molecule has 0 saturated carbocycles. The zero-order chi connectivity index (χ0) is 13.8. The summed E-state index contributed by atoms with van der Waals surface area (Å²) in [6, 6.07) is 0. The second kappa shape index (κ2) is 6.04. The Hall–Kier alpha value is -1.59. The average molecular weight is 267 g/mol. The number of hydrogen-bond donors (Lipinski definition) is 0. The van der Waals surface area contributed by atoms with E-state index in [9.17, 15) is 14.4 Å². The Balaban J connectivity index is 1.86. The summed E-state index contributed by atoms with van der Waals surface area (Å²) >= 11 is 0. The lowest BCUT2D eigenvalue weighted by Crippen LogP contribution is -2.54. The molecule has 0 spiro atoms. The van der Waals surface area contributed by atoms with Gasteiger partial charge in [0.15, 0.2) is 0 Å². The highest BCUT2D eigenvalue weighted by Crippen LogP contribution is 2.11. The molecule has 2 rings (SSSR count). The van der Waals surface area contributed by atoms with Crippen LogP contribution in [-0.2, 0) is 14.4 Å². The number of carbonyl (C=O) groups excluding carboxylic acids is 3. The maximum absolute atomic E-state index is 12.1. The van der Waals surface area contributed by atoms with E-state index in [2.05, 4.69) is 0 Å². The average Bonchev–Trinajstić information content (AvgIpc) is 2.46. The standard InChI is InChI=1S/C13H21N3O3/c1-11(17)14-7-9-16(10-8-14)13(19)12(18)15-5-3-2-4-6-15/h2-10H2,1H3. The first-order valence-corrected chi connectivity index (χ1v) is 6.93. The fraction of sp³-hybridized carbons (Fsp3) is 0.769. The van der Waals surface area contributed by atoms with Gasteiger partial charge in [0.1, 0.15) is 0 Å². The van der Waals surface area contributed by atoms with Crippen molar-refractivity contribution in [1.29, 1.82) is 0 Å². The van der Waals surface area contributed by atoms with Crippen molar-refractivity contribution in [3.8, 4) is 0 Å². The van der Waals surface area contributed by atoms with E-state index in [1.54, 1.807) is 14.7 Å². The number of likely N-dealkylation sites (tertiary alicyclic amines) is 1. The van der Waals surface area contributed by atoms with E-state index in [4.69, 9.17) is 0 Å². The van der Waals surface area contributed by atoms with Crippen molar-refractivity contribution in [2.24, 2.45) is 0 Å². The van der Waals surface area contributed by atoms with Crippen LogP contribution in [-0.4, -0.2) is 71.7 Å². The molecular weight excluding hydrogens is 246 g/mol. The normalized spacial score (nSPS) is 20.4. The van der Waals surface area contributed by atoms with E-state index >= 15 is 0 Å². The van der Waals surface area contributed by atoms with Crippen molar-refractivity contribution >= 4 is 17.7 Å². The van der Waals surface area contributed by atoms with Crippen LogP contribution in [0.5, 0.6) is 0 Å². The SMILES string of the molecule is CC(=O)N1CCN(C(=O)C(=O)N2CCCCC2)CC1. The minimum atomic E-state index is -0.412. The maximum Gasteiger partial charge on any atom is 0.312 e. The molecule has 0 bridgehead atoms. The van der Waals surface area contributed by atoms with Crippen LogP contribution in [0.3, 0.4) is 0 Å². The van der Waals surface area contributed by atoms with Gasteiger partial charge in [0.05, 0.1) is 0 Å². The molecule has 0 radical (unpaired) electrons. The van der Waals surface area contributed by atoms with Crippen LogP contribution in [0, 0.1) is 0 Å². The first-order valence-electron chi connectivity index (χ1n) is 6.93. The topological polar surface area (TPSA) is 60.9 Å². The predicted molar refractivity (Wildman–Crippen MR) is 69.3 cm³/mol. The predicted octanol–water partition coefficient (Wildman–Crippen LogP) is -0.310. The lowest BCUT2D eigenvalue weighted by molar-refractivity contribution is -0.154. The number of carbonyl (C=O) groups is 3. The van der Waals surface area contributed by atoms with Gasteiger partial charge in [-0.05, 0) is 19.3 Å². The molecule has 2 aliphatic heterocycles. The van der Waals surface area contributed by atoms with Crippen LogP contribution < -0.4 is 0 Å². The molecular formula is C13H21N3O3. The van der Waals surface area contributed by atoms with Gasteiger partial charge in [-0.25, -0.2) is 0 Å². The molecule has 0 aromatic heterocycles. The van der Waals surface area contributed by atoms with Gasteiger partial charge in [-0.1, -0.05) is 0 Å². The molecule has 106 valence electrons. The molecule has 2 heterocycles. The first-order chi connectivity index (χ1) is 9.09. The van der Waals surface area contributed by atoms with Crippen molar-refractivity contribution in [1.82, 2.24) is 14.7 Å². The van der Waals surface area contributed by atoms with Crippen molar-refractivity contribution in [2.45, 2.75) is 26.2 Å². The zero-order valence-electron chi connectivity index (χ0n) is 11.4. The van der Waals surface area contributed by atoms with Gasteiger partial charge in [-0.15, -0.1) is 0 Å². The Morgan fingerprint density at radius 3 is 1.53 bits per heavy atom. The molecule has 0 aromatic carbocycles. The van der Waals surface area contributed by atoms with E-state index < -0.39 is 5.91 Å². The second-order valence-electron chi connectivity index (χ2n) is 5.15. The largest absolute Gasteiger partial charge is 0.339 e. The van der Waals surface area contributed by atoms with Gasteiger partial charge >= 0.3 is 11.8 Å². The summed E-state index contributed by atoms with van der Waals surface area (Å²) in [5.74, 6) is -0.768. The highest BCUT2D eigenvalue weighted by molar-refractivity contribution is 6.34. The van der Waals surface area contributed by atoms with Gasteiger partial charge in [-0.2, -0.15) is 0 Å². The van der Waals surface area contributed by atoms with Gasteiger partial charge < -0.3 is 14.7 Å². The van der Waals surface area contributed by atoms with E-state index in [0.29, 0.717) is 39.3 Å². The Morgan fingerprint density at radius 1 is 0.632 bits per heavy atom. The third-order valence-electron chi connectivity index (χ3n) is 3.84. The van der Waals surface area contributed by atoms with Crippen LogP contribution in [0.2, 0.25) is 0 Å². The molecule has 0 N–H and O–H groups in total. The number of piperazine rings is 1. The second-order valence-corrected chi connectivity index (χ2v) is 5.15. The molecule has 19 heavy (non-hydrogen) atoms. The number of amides is 3. The van der Waals surface area contributed by atoms with Crippen molar-refractivity contribution in [2.75, 3.05) is 39.3 Å². The Labute approximate surface area is 113 Å². The number of hydrogen-bond acceptors (Lipinski definition) is 3. The van der Waals surface area contributed by atoms with E-state index in [1.165, 1.54) is 6.92 Å². The van der Waals surface area contributed by atoms with Crippen molar-refractivity contribution in [3.05, 3.63) is 0 Å². The number of rotatable bonds is 0. The molecule has 2 saturated heterocycles. The lowest BCUT2D eigenvalue weighted by atomic mass is 10.1. The number of nitrogens with zero attached hydrogens (tertiary/aromatic N) is 3. The summed E-state index contributed by atoms with van der Waals surface area (Å²) in [7, 11) is 0. The van der Waals surface area contributed by atoms with Gasteiger partial charge in [-0.3, -0.25) is 14.4 Å². The summed E-state index contributed by atoms with van der Waals surface area (Å²) in [4.78, 5) is 40.3. The Morgan fingerprint density at radius 2 is 1.05 bits per heavy atom. The molecule has 0 unspecified atom stereocenters. The molecule has 0 atom stereocenters. The van der Waals surface area contributed by atoms with Gasteiger partial charge in [0.25, 0.3) is 0 Å². The highest BCUT2D eigenvalue weighted by Gasteiger charge is 2.30. The van der Waals surface area contributed by atoms with Gasteiger partial charge in [0.2, 0.25) is 5.91 Å². The molecule has 0 aliphatic carbocycles. The summed E-state index contributed by atoms with van der Waals surface area (Å²) in [6.07, 6.45) is 3.10. The quantitative estimate of drug-likeness (QED) is 0.566. The molecule has 0 aromatic rings. The third-order valence-corrected chi connectivity index (χ3v) is 3.84. The summed E-state index contributed by atoms with van der Waals surface area (Å²) in [6.45, 7) is 4.87. The smallest absolute Gasteiger partial charge is 0.312 e. The fourth-order valence-corrected chi connectivity index (χ4v) is 2.59. The van der Waals surface area contributed by atoms with Crippen LogP contribution >= 0.6 is 0 Å². The van der Waals surface area contributed by atoms with Crippen LogP contribution in [0.15, 0.2) is 0 Å². The molecule has 6 nitrogen and oxygen atoms in total. The van der Waals surface area contributed by atoms with Crippen molar-refractivity contribution < 1.29 is 14.4 Å². The summed E-state index contributed by atoms with van der Waals surface area (Å²) in [5.41, 5.74) is 0. The monoisotopic (exact) mass is 267 g/mol. The lowest BCUT2D eigenvalue weighted by Gasteiger charge is -2.35. The molecule has 2 fully saturated rings. The highest BCUT2D eigenvalue weighted by atomic mass is 16.2. The van der Waals surface area contributed by atoms with Crippen LogP contribution in [0.4, 0.5) is 0 Å². The molecule has 2 aliphatic rings. The molecule has 6 heteroatoms. The van der Waals surface area contributed by atoms with E-state index in [0.717, 1.165) is 19.3 Å². The van der Waals surface area contributed by atoms with Gasteiger partial charge in [0, 0.05) is 46.2 Å². The zero-order valence-corrected chi connectivity index (χ0v) is 11.4. The summed E-state index contributed by atoms with van der Waals surface area (Å²) in [5, 5.41) is 0. The minimum absolute atomic E-state index is 0.0226. The van der Waals surface area contributed by atoms with E-state index in [-0.39, 0.29) is 11.8 Å². The summed E-state index contributed by atoms with van der Waals surface area (Å²) < 4.78 is 0. The van der Waals surface area contributed by atoms with Crippen molar-refractivity contribution in [3.63, 3.8) is 0 Å². The maximum atomic E-state index is 12.1.